The second-order valence-electron chi connectivity index (χ2n) is 6.10. The van der Waals surface area contributed by atoms with Crippen LogP contribution in [-0.2, 0) is 0 Å². The standard InChI is InChI=1S/C18H23FN6O/c1-3-24-8-10-25(11-9-24)16-6-4-13(12-14(16)19)21-17-7-5-15(22-23-17)18(26)20-2/h4-7,12H,3,8-11H2,1-2H3,(H,20,26)(H,21,23). The minimum absolute atomic E-state index is 0.228. The molecule has 0 radical (unpaired) electrons. The van der Waals surface area contributed by atoms with Gasteiger partial charge in [-0.15, -0.1) is 10.2 Å². The van der Waals surface area contributed by atoms with E-state index in [1.165, 1.54) is 13.1 Å². The normalized spacial score (nSPS) is 15.0. The lowest BCUT2D eigenvalue weighted by atomic mass is 10.2. The van der Waals surface area contributed by atoms with Crippen LogP contribution in [0, 0.1) is 5.82 Å². The number of nitrogens with one attached hydrogen (secondary N) is 2. The first-order valence-electron chi connectivity index (χ1n) is 8.70. The average molecular weight is 358 g/mol. The van der Waals surface area contributed by atoms with Crippen molar-refractivity contribution < 1.29 is 9.18 Å². The molecule has 1 saturated heterocycles. The number of hydrogen-bond donors (Lipinski definition) is 2. The Balaban J connectivity index is 1.67. The Kier molecular flexibility index (Phi) is 5.62. The van der Waals surface area contributed by atoms with Crippen LogP contribution in [0.3, 0.4) is 0 Å². The molecule has 138 valence electrons. The molecule has 1 amide bonds. The van der Waals surface area contributed by atoms with Crippen LogP contribution in [0.5, 0.6) is 0 Å². The van der Waals surface area contributed by atoms with Gasteiger partial charge in [-0.25, -0.2) is 4.39 Å². The molecule has 26 heavy (non-hydrogen) atoms. The van der Waals surface area contributed by atoms with E-state index >= 15 is 0 Å². The quantitative estimate of drug-likeness (QED) is 0.850. The Morgan fingerprint density at radius 1 is 1.15 bits per heavy atom. The van der Waals surface area contributed by atoms with Gasteiger partial charge >= 0.3 is 0 Å². The molecule has 7 nitrogen and oxygen atoms in total. The van der Waals surface area contributed by atoms with Crippen molar-refractivity contribution in [3.63, 3.8) is 0 Å². The molecular formula is C18H23FN6O. The highest BCUT2D eigenvalue weighted by atomic mass is 19.1. The zero-order chi connectivity index (χ0) is 18.5. The van der Waals surface area contributed by atoms with Gasteiger partial charge in [-0.2, -0.15) is 0 Å². The third-order valence-corrected chi connectivity index (χ3v) is 4.50. The number of hydrogen-bond acceptors (Lipinski definition) is 6. The molecule has 0 aliphatic carbocycles. The highest BCUT2D eigenvalue weighted by molar-refractivity contribution is 5.91. The maximum absolute atomic E-state index is 14.5. The van der Waals surface area contributed by atoms with Gasteiger partial charge in [0.1, 0.15) is 5.82 Å². The Morgan fingerprint density at radius 3 is 2.50 bits per heavy atom. The number of likely N-dealkylation sites (N-methyl/N-ethyl adjacent to an activating group) is 1. The molecule has 1 aliphatic rings. The van der Waals surface area contributed by atoms with Crippen LogP contribution in [0.2, 0.25) is 0 Å². The van der Waals surface area contributed by atoms with E-state index in [1.54, 1.807) is 18.2 Å². The van der Waals surface area contributed by atoms with Gasteiger partial charge in [-0.05, 0) is 36.9 Å². The SMILES string of the molecule is CCN1CCN(c2ccc(Nc3ccc(C(=O)NC)nn3)cc2F)CC1. The molecule has 1 fully saturated rings. The molecule has 2 N–H and O–H groups in total. The van der Waals surface area contributed by atoms with Crippen molar-refractivity contribution in [2.75, 3.05) is 50.0 Å². The summed E-state index contributed by atoms with van der Waals surface area (Å²) in [5.74, 6) is -0.126. The van der Waals surface area contributed by atoms with Crippen molar-refractivity contribution in [1.29, 1.82) is 0 Å². The molecule has 1 aromatic heterocycles. The lowest BCUT2D eigenvalue weighted by Gasteiger charge is -2.35. The number of nitrogens with zero attached hydrogens (tertiary/aromatic N) is 4. The predicted octanol–water partition coefficient (Wildman–Crippen LogP) is 1.86. The van der Waals surface area contributed by atoms with Crippen LogP contribution < -0.4 is 15.5 Å². The Bertz CT molecular complexity index is 759. The number of amides is 1. The third kappa shape index (κ3) is 4.08. The summed E-state index contributed by atoms with van der Waals surface area (Å²) < 4.78 is 14.5. The number of rotatable bonds is 5. The van der Waals surface area contributed by atoms with Gasteiger partial charge in [0.25, 0.3) is 5.91 Å². The van der Waals surface area contributed by atoms with E-state index in [9.17, 15) is 9.18 Å². The van der Waals surface area contributed by atoms with Crippen molar-refractivity contribution in [3.8, 4) is 0 Å². The van der Waals surface area contributed by atoms with E-state index in [-0.39, 0.29) is 17.4 Å². The molecule has 0 atom stereocenters. The van der Waals surface area contributed by atoms with Gasteiger partial charge in [0.05, 0.1) is 5.69 Å². The summed E-state index contributed by atoms with van der Waals surface area (Å²) in [4.78, 5) is 15.9. The molecule has 2 aromatic rings. The zero-order valence-corrected chi connectivity index (χ0v) is 15.0. The maximum Gasteiger partial charge on any atom is 0.271 e. The molecule has 1 aromatic carbocycles. The van der Waals surface area contributed by atoms with E-state index in [0.29, 0.717) is 17.2 Å². The Morgan fingerprint density at radius 2 is 1.92 bits per heavy atom. The van der Waals surface area contributed by atoms with Gasteiger partial charge < -0.3 is 20.4 Å². The van der Waals surface area contributed by atoms with E-state index in [4.69, 9.17) is 0 Å². The first kappa shape index (κ1) is 18.1. The van der Waals surface area contributed by atoms with Crippen molar-refractivity contribution >= 4 is 23.1 Å². The fourth-order valence-electron chi connectivity index (χ4n) is 2.94. The highest BCUT2D eigenvalue weighted by Crippen LogP contribution is 2.25. The van der Waals surface area contributed by atoms with Crippen molar-refractivity contribution in [2.45, 2.75) is 6.92 Å². The van der Waals surface area contributed by atoms with Crippen molar-refractivity contribution in [3.05, 3.63) is 41.8 Å². The first-order chi connectivity index (χ1) is 12.6. The predicted molar refractivity (Wildman–Crippen MR) is 99.4 cm³/mol. The van der Waals surface area contributed by atoms with Crippen LogP contribution >= 0.6 is 0 Å². The largest absolute Gasteiger partial charge is 0.367 e. The summed E-state index contributed by atoms with van der Waals surface area (Å²) in [5.41, 5.74) is 1.43. The molecule has 2 heterocycles. The molecule has 0 spiro atoms. The lowest BCUT2D eigenvalue weighted by molar-refractivity contribution is 0.0957. The van der Waals surface area contributed by atoms with Crippen LogP contribution in [0.4, 0.5) is 21.6 Å². The van der Waals surface area contributed by atoms with Gasteiger partial charge in [-0.3, -0.25) is 4.79 Å². The van der Waals surface area contributed by atoms with Crippen LogP contribution in [0.25, 0.3) is 0 Å². The third-order valence-electron chi connectivity index (χ3n) is 4.50. The topological polar surface area (TPSA) is 73.4 Å². The van der Waals surface area contributed by atoms with Gasteiger partial charge in [0.15, 0.2) is 11.5 Å². The summed E-state index contributed by atoms with van der Waals surface area (Å²) in [6.45, 7) is 6.71. The number of aromatic nitrogens is 2. The lowest BCUT2D eigenvalue weighted by Crippen LogP contribution is -2.46. The molecule has 1 aliphatic heterocycles. The van der Waals surface area contributed by atoms with E-state index in [2.05, 4.69) is 37.6 Å². The Hall–Kier alpha value is -2.74. The summed E-state index contributed by atoms with van der Waals surface area (Å²) >= 11 is 0. The second kappa shape index (κ2) is 8.09. The van der Waals surface area contributed by atoms with E-state index in [0.717, 1.165) is 32.7 Å². The number of piperazine rings is 1. The van der Waals surface area contributed by atoms with Gasteiger partial charge in [0.2, 0.25) is 0 Å². The number of anilines is 3. The van der Waals surface area contributed by atoms with Gasteiger partial charge in [-0.1, -0.05) is 6.92 Å². The molecule has 8 heteroatoms. The van der Waals surface area contributed by atoms with Gasteiger partial charge in [0, 0.05) is 38.9 Å². The van der Waals surface area contributed by atoms with Crippen LogP contribution in [0.1, 0.15) is 17.4 Å². The molecular weight excluding hydrogens is 335 g/mol. The second-order valence-corrected chi connectivity index (χ2v) is 6.10. The summed E-state index contributed by atoms with van der Waals surface area (Å²) in [6, 6.07) is 8.25. The summed E-state index contributed by atoms with van der Waals surface area (Å²) in [7, 11) is 1.53. The highest BCUT2D eigenvalue weighted by Gasteiger charge is 2.18. The minimum atomic E-state index is -0.303. The molecule has 0 saturated carbocycles. The van der Waals surface area contributed by atoms with E-state index < -0.39 is 0 Å². The molecule has 0 bridgehead atoms. The smallest absolute Gasteiger partial charge is 0.271 e. The minimum Gasteiger partial charge on any atom is -0.367 e. The maximum atomic E-state index is 14.5. The van der Waals surface area contributed by atoms with E-state index in [1.807, 2.05) is 6.07 Å². The van der Waals surface area contributed by atoms with Crippen molar-refractivity contribution in [1.82, 2.24) is 20.4 Å². The van der Waals surface area contributed by atoms with Crippen LogP contribution in [-0.4, -0.2) is 60.8 Å². The fourth-order valence-corrected chi connectivity index (χ4v) is 2.94. The zero-order valence-electron chi connectivity index (χ0n) is 15.0. The number of halogens is 1. The first-order valence-corrected chi connectivity index (χ1v) is 8.70. The number of carbonyl (C=O) groups is 1. The molecule has 0 unspecified atom stereocenters. The number of benzene rings is 1. The summed E-state index contributed by atoms with van der Waals surface area (Å²) in [6.07, 6.45) is 0. The van der Waals surface area contributed by atoms with Crippen molar-refractivity contribution in [2.24, 2.45) is 0 Å². The fraction of sp³-hybridized carbons (Fsp3) is 0.389. The average Bonchev–Trinajstić information content (AvgIpc) is 2.68. The summed E-state index contributed by atoms with van der Waals surface area (Å²) in [5, 5.41) is 13.3. The monoisotopic (exact) mass is 358 g/mol. The molecule has 3 rings (SSSR count). The van der Waals surface area contributed by atoms with Crippen LogP contribution in [0.15, 0.2) is 30.3 Å². The Labute approximate surface area is 152 Å². The number of carbonyl (C=O) groups excluding carboxylic acids is 1.